The second-order valence-electron chi connectivity index (χ2n) is 6.92. The Morgan fingerprint density at radius 1 is 1.09 bits per heavy atom. The Bertz CT molecular complexity index is 1300. The highest BCUT2D eigenvalue weighted by molar-refractivity contribution is 6.42. The molecule has 9 heteroatoms. The van der Waals surface area contributed by atoms with Crippen molar-refractivity contribution in [2.24, 2.45) is 0 Å². The van der Waals surface area contributed by atoms with Gasteiger partial charge in [-0.1, -0.05) is 47.5 Å². The van der Waals surface area contributed by atoms with E-state index >= 15 is 0 Å². The van der Waals surface area contributed by atoms with Crippen molar-refractivity contribution in [1.29, 1.82) is 5.26 Å². The summed E-state index contributed by atoms with van der Waals surface area (Å²) in [7, 11) is 1.47. The number of carboxylic acid groups (broad SMARTS) is 1. The predicted octanol–water partition coefficient (Wildman–Crippen LogP) is 5.82. The van der Waals surface area contributed by atoms with E-state index in [4.69, 9.17) is 37.8 Å². The molecule has 3 rings (SSSR count). The molecule has 3 aromatic rings. The van der Waals surface area contributed by atoms with E-state index in [9.17, 15) is 14.9 Å². The summed E-state index contributed by atoms with van der Waals surface area (Å²) in [4.78, 5) is 23.7. The average Bonchev–Trinajstić information content (AvgIpc) is 2.83. The molecule has 0 aromatic heterocycles. The van der Waals surface area contributed by atoms with Crippen LogP contribution in [-0.4, -0.2) is 24.1 Å². The van der Waals surface area contributed by atoms with E-state index < -0.39 is 11.9 Å². The van der Waals surface area contributed by atoms with Crippen molar-refractivity contribution in [1.82, 2.24) is 0 Å². The molecule has 0 aliphatic heterocycles. The Balaban J connectivity index is 1.85. The number of aromatic carboxylic acids is 1. The lowest BCUT2D eigenvalue weighted by Crippen LogP contribution is -2.13. The van der Waals surface area contributed by atoms with Gasteiger partial charge < -0.3 is 19.9 Å². The largest absolute Gasteiger partial charge is 0.493 e. The minimum atomic E-state index is -1.02. The van der Waals surface area contributed by atoms with Gasteiger partial charge in [-0.25, -0.2) is 4.79 Å². The van der Waals surface area contributed by atoms with Crippen LogP contribution >= 0.6 is 23.2 Å². The molecule has 0 saturated heterocycles. The smallest absolute Gasteiger partial charge is 0.335 e. The van der Waals surface area contributed by atoms with Crippen molar-refractivity contribution in [3.8, 4) is 17.6 Å². The van der Waals surface area contributed by atoms with E-state index in [2.05, 4.69) is 5.32 Å². The fourth-order valence-electron chi connectivity index (χ4n) is 2.94. The van der Waals surface area contributed by atoms with Crippen molar-refractivity contribution < 1.29 is 24.2 Å². The molecule has 0 aliphatic rings. The molecule has 0 aliphatic carbocycles. The average molecular weight is 497 g/mol. The van der Waals surface area contributed by atoms with Gasteiger partial charge in [0.15, 0.2) is 11.5 Å². The fourth-order valence-corrected chi connectivity index (χ4v) is 3.24. The molecular formula is C25H18Cl2N2O5. The number of amides is 1. The van der Waals surface area contributed by atoms with Crippen molar-refractivity contribution in [2.75, 3.05) is 12.4 Å². The molecule has 2 N–H and O–H groups in total. The number of carboxylic acids is 1. The minimum Gasteiger partial charge on any atom is -0.493 e. The van der Waals surface area contributed by atoms with Gasteiger partial charge in [0, 0.05) is 11.3 Å². The molecule has 0 heterocycles. The first kappa shape index (κ1) is 24.6. The lowest BCUT2D eigenvalue weighted by atomic mass is 10.1. The van der Waals surface area contributed by atoms with Crippen molar-refractivity contribution in [2.45, 2.75) is 6.61 Å². The summed E-state index contributed by atoms with van der Waals surface area (Å²) >= 11 is 11.9. The second kappa shape index (κ2) is 11.2. The molecule has 0 spiro atoms. The van der Waals surface area contributed by atoms with E-state index in [-0.39, 0.29) is 22.8 Å². The predicted molar refractivity (Wildman–Crippen MR) is 129 cm³/mol. The molecule has 7 nitrogen and oxygen atoms in total. The highest BCUT2D eigenvalue weighted by Crippen LogP contribution is 2.33. The molecular weight excluding hydrogens is 479 g/mol. The zero-order valence-corrected chi connectivity index (χ0v) is 19.4. The van der Waals surface area contributed by atoms with E-state index in [1.807, 2.05) is 6.07 Å². The number of halogens is 2. The Morgan fingerprint density at radius 3 is 2.44 bits per heavy atom. The Hall–Kier alpha value is -3.99. The highest BCUT2D eigenvalue weighted by atomic mass is 35.5. The van der Waals surface area contributed by atoms with Gasteiger partial charge in [-0.15, -0.1) is 0 Å². The third-order valence-corrected chi connectivity index (χ3v) is 5.39. The second-order valence-corrected chi connectivity index (χ2v) is 7.74. The first-order chi connectivity index (χ1) is 16.3. The van der Waals surface area contributed by atoms with Gasteiger partial charge in [0.2, 0.25) is 0 Å². The summed E-state index contributed by atoms with van der Waals surface area (Å²) in [5.41, 5.74) is 1.55. The third-order valence-electron chi connectivity index (χ3n) is 4.66. The number of hydrogen-bond acceptors (Lipinski definition) is 5. The van der Waals surface area contributed by atoms with Gasteiger partial charge >= 0.3 is 5.97 Å². The topological polar surface area (TPSA) is 109 Å². The third kappa shape index (κ3) is 6.07. The first-order valence-corrected chi connectivity index (χ1v) is 10.6. The summed E-state index contributed by atoms with van der Waals surface area (Å²) < 4.78 is 11.3. The number of carbonyl (C=O) groups excluding carboxylic acids is 1. The van der Waals surface area contributed by atoms with Crippen LogP contribution in [-0.2, 0) is 11.4 Å². The van der Waals surface area contributed by atoms with Crippen molar-refractivity contribution in [3.63, 3.8) is 0 Å². The maximum absolute atomic E-state index is 12.7. The van der Waals surface area contributed by atoms with Crippen molar-refractivity contribution in [3.05, 3.63) is 93.0 Å². The number of nitriles is 1. The number of nitrogens with one attached hydrogen (secondary N) is 1. The highest BCUT2D eigenvalue weighted by Gasteiger charge is 2.15. The van der Waals surface area contributed by atoms with Crippen LogP contribution in [0.1, 0.15) is 21.5 Å². The SMILES string of the molecule is COc1cccc(/C=C(/C#N)C(=O)Nc2ccc(Cl)c(Cl)c2)c1OCc1ccc(C(=O)O)cc1. The number of nitrogens with zero attached hydrogens (tertiary/aromatic N) is 1. The van der Waals surface area contributed by atoms with Gasteiger partial charge in [0.1, 0.15) is 18.2 Å². The van der Waals surface area contributed by atoms with Crippen LogP contribution in [0, 0.1) is 11.3 Å². The first-order valence-electron chi connectivity index (χ1n) is 9.82. The summed E-state index contributed by atoms with van der Waals surface area (Å²) in [5.74, 6) is -0.938. The van der Waals surface area contributed by atoms with Crippen LogP contribution < -0.4 is 14.8 Å². The maximum atomic E-state index is 12.7. The van der Waals surface area contributed by atoms with Crippen LogP contribution in [0.5, 0.6) is 11.5 Å². The summed E-state index contributed by atoms with van der Waals surface area (Å²) in [6.07, 6.45) is 1.39. The van der Waals surface area contributed by atoms with Gasteiger partial charge in [-0.2, -0.15) is 5.26 Å². The normalized spacial score (nSPS) is 10.8. The number of rotatable bonds is 8. The van der Waals surface area contributed by atoms with E-state index in [1.54, 1.807) is 36.4 Å². The van der Waals surface area contributed by atoms with E-state index in [0.717, 1.165) is 5.56 Å². The van der Waals surface area contributed by atoms with Gasteiger partial charge in [-0.05, 0) is 48.0 Å². The zero-order chi connectivity index (χ0) is 24.7. The van der Waals surface area contributed by atoms with Crippen LogP contribution in [0.4, 0.5) is 5.69 Å². The number of ether oxygens (including phenoxy) is 2. The van der Waals surface area contributed by atoms with Crippen LogP contribution in [0.3, 0.4) is 0 Å². The number of benzene rings is 3. The standard InChI is InChI=1S/C25H18Cl2N2O5/c1-33-22-4-2-3-17(23(22)34-14-15-5-7-16(8-6-15)25(31)32)11-18(13-28)24(30)29-19-9-10-20(26)21(27)12-19/h2-12H,14H2,1H3,(H,29,30)(H,31,32)/b18-11-. The van der Waals surface area contributed by atoms with Gasteiger partial charge in [0.05, 0.1) is 22.7 Å². The van der Waals surface area contributed by atoms with Gasteiger partial charge in [-0.3, -0.25) is 4.79 Å². The Labute approximate surface area is 205 Å². The quantitative estimate of drug-likeness (QED) is 0.300. The summed E-state index contributed by atoms with van der Waals surface area (Å²) in [6.45, 7) is 0.110. The number of hydrogen-bond donors (Lipinski definition) is 2. The summed E-state index contributed by atoms with van der Waals surface area (Å²) in [6, 6.07) is 17.8. The summed E-state index contributed by atoms with van der Waals surface area (Å²) in [5, 5.41) is 21.8. The van der Waals surface area contributed by atoms with E-state index in [1.165, 1.54) is 37.5 Å². The van der Waals surface area contributed by atoms with Crippen molar-refractivity contribution >= 4 is 46.8 Å². The number of carbonyl (C=O) groups is 2. The molecule has 1 amide bonds. The fraction of sp³-hybridized carbons (Fsp3) is 0.0800. The molecule has 3 aromatic carbocycles. The van der Waals surface area contributed by atoms with Crippen LogP contribution in [0.25, 0.3) is 6.08 Å². The lowest BCUT2D eigenvalue weighted by molar-refractivity contribution is -0.112. The molecule has 0 unspecified atom stereocenters. The molecule has 0 saturated carbocycles. The Morgan fingerprint density at radius 2 is 1.82 bits per heavy atom. The molecule has 172 valence electrons. The Kier molecular flexibility index (Phi) is 8.14. The lowest BCUT2D eigenvalue weighted by Gasteiger charge is -2.14. The maximum Gasteiger partial charge on any atom is 0.335 e. The molecule has 0 fully saturated rings. The van der Waals surface area contributed by atoms with Crippen LogP contribution in [0.2, 0.25) is 10.0 Å². The zero-order valence-electron chi connectivity index (χ0n) is 17.8. The monoisotopic (exact) mass is 496 g/mol. The number of para-hydroxylation sites is 1. The van der Waals surface area contributed by atoms with Crippen LogP contribution in [0.15, 0.2) is 66.2 Å². The number of anilines is 1. The molecule has 0 radical (unpaired) electrons. The van der Waals surface area contributed by atoms with Gasteiger partial charge in [0.25, 0.3) is 5.91 Å². The van der Waals surface area contributed by atoms with E-state index in [0.29, 0.717) is 27.8 Å². The minimum absolute atomic E-state index is 0.110. The molecule has 34 heavy (non-hydrogen) atoms. The molecule has 0 bridgehead atoms. The number of methoxy groups -OCH3 is 1. The molecule has 0 atom stereocenters.